The van der Waals surface area contributed by atoms with E-state index in [1.807, 2.05) is 13.0 Å². The van der Waals surface area contributed by atoms with Crippen molar-refractivity contribution in [2.24, 2.45) is 0 Å². The lowest BCUT2D eigenvalue weighted by Crippen LogP contribution is -2.10. The molecule has 112 valence electrons. The molecule has 0 aromatic carbocycles. The highest BCUT2D eigenvalue weighted by Gasteiger charge is 2.19. The van der Waals surface area contributed by atoms with E-state index in [1.54, 1.807) is 6.07 Å². The van der Waals surface area contributed by atoms with Gasteiger partial charge < -0.3 is 10.3 Å². The molecule has 2 aromatic heterocycles. The molecule has 2 N–H and O–H groups in total. The highest BCUT2D eigenvalue weighted by atomic mass is 32.1. The van der Waals surface area contributed by atoms with Crippen LogP contribution in [0.1, 0.15) is 55.1 Å². The molecule has 1 saturated carbocycles. The molecule has 0 aliphatic heterocycles. The highest BCUT2D eigenvalue weighted by Crippen LogP contribution is 2.32. The number of hydrogen-bond acceptors (Lipinski definition) is 5. The number of anilines is 1. The fraction of sp³-hybridized carbons (Fsp3) is 0.533. The molecule has 1 aliphatic rings. The van der Waals surface area contributed by atoms with E-state index >= 15 is 0 Å². The Labute approximate surface area is 128 Å². The lowest BCUT2D eigenvalue weighted by Gasteiger charge is -2.18. The monoisotopic (exact) mass is 304 g/mol. The summed E-state index contributed by atoms with van der Waals surface area (Å²) >= 11 is 1.41. The van der Waals surface area contributed by atoms with E-state index < -0.39 is 0 Å². The van der Waals surface area contributed by atoms with Gasteiger partial charge in [0, 0.05) is 35.8 Å². The predicted molar refractivity (Wildman–Crippen MR) is 84.9 cm³/mol. The van der Waals surface area contributed by atoms with E-state index in [9.17, 15) is 4.79 Å². The number of hydrogen-bond donors (Lipinski definition) is 2. The van der Waals surface area contributed by atoms with Crippen LogP contribution in [-0.2, 0) is 6.54 Å². The Kier molecular flexibility index (Phi) is 4.34. The maximum absolute atomic E-state index is 11.4. The van der Waals surface area contributed by atoms with Gasteiger partial charge >= 0.3 is 0 Å². The summed E-state index contributed by atoms with van der Waals surface area (Å²) in [5.74, 6) is 1.52. The van der Waals surface area contributed by atoms with Crippen LogP contribution in [0.25, 0.3) is 0 Å². The number of aryl methyl sites for hydroxylation is 1. The summed E-state index contributed by atoms with van der Waals surface area (Å²) < 4.78 is 4.49. The van der Waals surface area contributed by atoms with Crippen molar-refractivity contribution in [3.8, 4) is 0 Å². The van der Waals surface area contributed by atoms with Crippen molar-refractivity contribution >= 4 is 16.7 Å². The van der Waals surface area contributed by atoms with E-state index in [4.69, 9.17) is 0 Å². The SMILES string of the molecule is Cc1cc(CNc2nc(C3CCCCC3)ns2)cc(=O)[nH]1. The summed E-state index contributed by atoms with van der Waals surface area (Å²) in [5.41, 5.74) is 1.78. The fourth-order valence-electron chi connectivity index (χ4n) is 2.87. The highest BCUT2D eigenvalue weighted by molar-refractivity contribution is 7.09. The van der Waals surface area contributed by atoms with Crippen LogP contribution in [0.4, 0.5) is 5.13 Å². The second-order valence-corrected chi connectivity index (χ2v) is 6.43. The Balaban J connectivity index is 1.63. The smallest absolute Gasteiger partial charge is 0.248 e. The average Bonchev–Trinajstić information content (AvgIpc) is 2.94. The number of aromatic nitrogens is 3. The summed E-state index contributed by atoms with van der Waals surface area (Å²) in [4.78, 5) is 18.8. The van der Waals surface area contributed by atoms with E-state index in [0.29, 0.717) is 12.5 Å². The van der Waals surface area contributed by atoms with Crippen LogP contribution < -0.4 is 10.9 Å². The van der Waals surface area contributed by atoms with Crippen LogP contribution in [0.5, 0.6) is 0 Å². The van der Waals surface area contributed by atoms with Crippen molar-refractivity contribution in [1.29, 1.82) is 0 Å². The number of aromatic amines is 1. The molecule has 21 heavy (non-hydrogen) atoms. The summed E-state index contributed by atoms with van der Waals surface area (Å²) in [6.07, 6.45) is 6.35. The molecule has 1 fully saturated rings. The predicted octanol–water partition coefficient (Wildman–Crippen LogP) is 3.19. The second-order valence-electron chi connectivity index (χ2n) is 5.68. The Morgan fingerprint density at radius 2 is 2.14 bits per heavy atom. The van der Waals surface area contributed by atoms with E-state index in [-0.39, 0.29) is 5.56 Å². The van der Waals surface area contributed by atoms with Gasteiger partial charge in [0.15, 0.2) is 0 Å². The topological polar surface area (TPSA) is 70.7 Å². The van der Waals surface area contributed by atoms with Crippen LogP contribution >= 0.6 is 11.5 Å². The molecular formula is C15H20N4OS. The third-order valence-corrected chi connectivity index (χ3v) is 4.58. The van der Waals surface area contributed by atoms with E-state index in [2.05, 4.69) is 19.7 Å². The molecular weight excluding hydrogens is 284 g/mol. The number of nitrogens with one attached hydrogen (secondary N) is 2. The van der Waals surface area contributed by atoms with Crippen molar-refractivity contribution in [2.45, 2.75) is 51.5 Å². The van der Waals surface area contributed by atoms with Gasteiger partial charge in [0.2, 0.25) is 10.7 Å². The molecule has 2 aromatic rings. The van der Waals surface area contributed by atoms with E-state index in [1.165, 1.54) is 43.6 Å². The van der Waals surface area contributed by atoms with Crippen molar-refractivity contribution < 1.29 is 0 Å². The van der Waals surface area contributed by atoms with Gasteiger partial charge in [0.05, 0.1) is 0 Å². The van der Waals surface area contributed by atoms with Crippen molar-refractivity contribution in [3.63, 3.8) is 0 Å². The minimum absolute atomic E-state index is 0.0630. The zero-order chi connectivity index (χ0) is 14.7. The Hall–Kier alpha value is -1.69. The molecule has 6 heteroatoms. The van der Waals surface area contributed by atoms with Crippen LogP contribution in [0.3, 0.4) is 0 Å². The lowest BCUT2D eigenvalue weighted by atomic mass is 9.89. The minimum Gasteiger partial charge on any atom is -0.356 e. The quantitative estimate of drug-likeness (QED) is 0.910. The molecule has 1 aliphatic carbocycles. The average molecular weight is 304 g/mol. The number of rotatable bonds is 4. The molecule has 5 nitrogen and oxygen atoms in total. The first-order valence-electron chi connectivity index (χ1n) is 7.48. The standard InChI is InChI=1S/C15H20N4OS/c1-10-7-11(8-13(20)17-10)9-16-15-18-14(19-21-15)12-5-3-2-4-6-12/h7-8,12H,2-6,9H2,1H3,(H,17,20)(H,16,18,19). The van der Waals surface area contributed by atoms with Crippen LogP contribution in [0.15, 0.2) is 16.9 Å². The zero-order valence-electron chi connectivity index (χ0n) is 12.2. The number of H-pyrrole nitrogens is 1. The normalized spacial score (nSPS) is 16.0. The fourth-order valence-corrected chi connectivity index (χ4v) is 3.51. The van der Waals surface area contributed by atoms with E-state index in [0.717, 1.165) is 22.2 Å². The van der Waals surface area contributed by atoms with Crippen LogP contribution in [-0.4, -0.2) is 14.3 Å². The molecule has 0 amide bonds. The number of pyridine rings is 1. The summed E-state index contributed by atoms with van der Waals surface area (Å²) in [7, 11) is 0. The molecule has 0 spiro atoms. The third kappa shape index (κ3) is 3.69. The van der Waals surface area contributed by atoms with Gasteiger partial charge in [-0.25, -0.2) is 4.98 Å². The maximum atomic E-state index is 11.4. The van der Waals surface area contributed by atoms with Gasteiger partial charge in [-0.2, -0.15) is 4.37 Å². The van der Waals surface area contributed by atoms with Gasteiger partial charge in [-0.15, -0.1) is 0 Å². The molecule has 2 heterocycles. The largest absolute Gasteiger partial charge is 0.356 e. The van der Waals surface area contributed by atoms with Gasteiger partial charge in [-0.3, -0.25) is 4.79 Å². The minimum atomic E-state index is -0.0630. The van der Waals surface area contributed by atoms with Gasteiger partial charge in [0.1, 0.15) is 5.82 Å². The van der Waals surface area contributed by atoms with Crippen molar-refractivity contribution in [1.82, 2.24) is 14.3 Å². The summed E-state index contributed by atoms with van der Waals surface area (Å²) in [6.45, 7) is 2.49. The van der Waals surface area contributed by atoms with Crippen LogP contribution in [0, 0.1) is 6.92 Å². The molecule has 0 unspecified atom stereocenters. The first-order valence-corrected chi connectivity index (χ1v) is 8.25. The molecule has 0 atom stereocenters. The first-order chi connectivity index (χ1) is 10.2. The van der Waals surface area contributed by atoms with Gasteiger partial charge in [0.25, 0.3) is 0 Å². The maximum Gasteiger partial charge on any atom is 0.248 e. The second kappa shape index (κ2) is 6.39. The molecule has 0 bridgehead atoms. The molecule has 0 saturated heterocycles. The Bertz CT molecular complexity index is 658. The molecule has 3 rings (SSSR count). The zero-order valence-corrected chi connectivity index (χ0v) is 13.0. The first kappa shape index (κ1) is 14.3. The Morgan fingerprint density at radius 1 is 1.33 bits per heavy atom. The van der Waals surface area contributed by atoms with Crippen molar-refractivity contribution in [3.05, 3.63) is 39.6 Å². The van der Waals surface area contributed by atoms with Crippen molar-refractivity contribution in [2.75, 3.05) is 5.32 Å². The summed E-state index contributed by atoms with van der Waals surface area (Å²) in [5, 5.41) is 4.11. The lowest BCUT2D eigenvalue weighted by molar-refractivity contribution is 0.432. The summed E-state index contributed by atoms with van der Waals surface area (Å²) in [6, 6.07) is 3.58. The van der Waals surface area contributed by atoms with Crippen LogP contribution in [0.2, 0.25) is 0 Å². The third-order valence-electron chi connectivity index (χ3n) is 3.89. The molecule has 0 radical (unpaired) electrons. The van der Waals surface area contributed by atoms with Gasteiger partial charge in [-0.1, -0.05) is 19.3 Å². The van der Waals surface area contributed by atoms with Gasteiger partial charge in [-0.05, 0) is 31.4 Å². The number of nitrogens with zero attached hydrogens (tertiary/aromatic N) is 2. The Morgan fingerprint density at radius 3 is 2.90 bits per heavy atom.